The van der Waals surface area contributed by atoms with E-state index >= 15 is 0 Å². The van der Waals surface area contributed by atoms with Gasteiger partial charge >= 0.3 is 5.97 Å². The number of esters is 1. The fourth-order valence-electron chi connectivity index (χ4n) is 0.935. The highest BCUT2D eigenvalue weighted by molar-refractivity contribution is 8.00. The third-order valence-electron chi connectivity index (χ3n) is 1.59. The standard InChI is InChI=1S/C8H6ClN3O2S2/c1-14-6(13)4-5(9)12-8(15-4)16-7-10-2-3-11-7/h2-3H,1H3,(H,10,11). The molecule has 0 aromatic carbocycles. The van der Waals surface area contributed by atoms with Crippen LogP contribution in [0.2, 0.25) is 5.15 Å². The van der Waals surface area contributed by atoms with Crippen molar-refractivity contribution in [3.63, 3.8) is 0 Å². The van der Waals surface area contributed by atoms with Crippen LogP contribution in [0.4, 0.5) is 0 Å². The van der Waals surface area contributed by atoms with Gasteiger partial charge in [0.05, 0.1) is 7.11 Å². The number of nitrogens with zero attached hydrogens (tertiary/aromatic N) is 2. The Bertz CT molecular complexity index is 497. The molecule has 2 aromatic heterocycles. The van der Waals surface area contributed by atoms with Crippen LogP contribution in [-0.2, 0) is 4.74 Å². The topological polar surface area (TPSA) is 67.9 Å². The van der Waals surface area contributed by atoms with Gasteiger partial charge in [0.1, 0.15) is 0 Å². The second-order valence-corrected chi connectivity index (χ2v) is 5.18. The van der Waals surface area contributed by atoms with E-state index in [4.69, 9.17) is 11.6 Å². The van der Waals surface area contributed by atoms with E-state index in [1.54, 1.807) is 12.4 Å². The van der Waals surface area contributed by atoms with Gasteiger partial charge < -0.3 is 9.72 Å². The van der Waals surface area contributed by atoms with Crippen LogP contribution >= 0.6 is 34.7 Å². The number of hydrogen-bond donors (Lipinski definition) is 1. The van der Waals surface area contributed by atoms with Crippen LogP contribution in [0.15, 0.2) is 21.9 Å². The molecule has 2 aromatic rings. The molecule has 0 atom stereocenters. The number of ether oxygens (including phenoxy) is 1. The van der Waals surface area contributed by atoms with Gasteiger partial charge in [-0.25, -0.2) is 14.8 Å². The molecule has 0 spiro atoms. The van der Waals surface area contributed by atoms with Crippen molar-refractivity contribution >= 4 is 40.7 Å². The molecule has 0 bridgehead atoms. The monoisotopic (exact) mass is 275 g/mol. The smallest absolute Gasteiger partial charge is 0.351 e. The summed E-state index contributed by atoms with van der Waals surface area (Å²) in [4.78, 5) is 22.6. The van der Waals surface area contributed by atoms with Crippen molar-refractivity contribution in [1.29, 1.82) is 0 Å². The number of nitrogens with one attached hydrogen (secondary N) is 1. The van der Waals surface area contributed by atoms with Crippen molar-refractivity contribution in [2.75, 3.05) is 7.11 Å². The van der Waals surface area contributed by atoms with Crippen LogP contribution in [0.3, 0.4) is 0 Å². The molecule has 0 aliphatic carbocycles. The van der Waals surface area contributed by atoms with E-state index in [0.717, 1.165) is 0 Å². The van der Waals surface area contributed by atoms with Gasteiger partial charge in [0.25, 0.3) is 0 Å². The van der Waals surface area contributed by atoms with Crippen molar-refractivity contribution in [3.8, 4) is 0 Å². The number of imidazole rings is 1. The highest BCUT2D eigenvalue weighted by atomic mass is 35.5. The van der Waals surface area contributed by atoms with Crippen molar-refractivity contribution < 1.29 is 9.53 Å². The lowest BCUT2D eigenvalue weighted by Gasteiger charge is -1.92. The van der Waals surface area contributed by atoms with Gasteiger partial charge in [-0.2, -0.15) is 0 Å². The van der Waals surface area contributed by atoms with Crippen molar-refractivity contribution in [2.45, 2.75) is 9.50 Å². The zero-order chi connectivity index (χ0) is 11.5. The lowest BCUT2D eigenvalue weighted by molar-refractivity contribution is 0.0606. The van der Waals surface area contributed by atoms with E-state index in [9.17, 15) is 4.79 Å². The quantitative estimate of drug-likeness (QED) is 0.872. The summed E-state index contributed by atoms with van der Waals surface area (Å²) in [5, 5.41) is 0.854. The number of methoxy groups -OCH3 is 1. The number of H-pyrrole nitrogens is 1. The number of halogens is 1. The molecule has 0 amide bonds. The lowest BCUT2D eigenvalue weighted by Crippen LogP contribution is -1.98. The third-order valence-corrected chi connectivity index (χ3v) is 3.99. The average molecular weight is 276 g/mol. The summed E-state index contributed by atoms with van der Waals surface area (Å²) < 4.78 is 5.22. The first-order valence-corrected chi connectivity index (χ1v) is 6.13. The maximum absolute atomic E-state index is 11.3. The predicted octanol–water partition coefficient (Wildman–Crippen LogP) is 2.46. The lowest BCUT2D eigenvalue weighted by atomic mass is 10.6. The van der Waals surface area contributed by atoms with Gasteiger partial charge in [0.2, 0.25) is 0 Å². The van der Waals surface area contributed by atoms with E-state index in [2.05, 4.69) is 19.7 Å². The Morgan fingerprint density at radius 3 is 3.12 bits per heavy atom. The van der Waals surface area contributed by atoms with Crippen molar-refractivity contribution in [2.24, 2.45) is 0 Å². The Labute approximate surface area is 104 Å². The zero-order valence-electron chi connectivity index (χ0n) is 8.06. The molecule has 0 saturated carbocycles. The summed E-state index contributed by atoms with van der Waals surface area (Å²) in [5.74, 6) is -0.478. The molecule has 1 N–H and O–H groups in total. The molecule has 0 saturated heterocycles. The number of hydrogen-bond acceptors (Lipinski definition) is 6. The minimum absolute atomic E-state index is 0.158. The largest absolute Gasteiger partial charge is 0.465 e. The molecular weight excluding hydrogens is 270 g/mol. The van der Waals surface area contributed by atoms with E-state index < -0.39 is 5.97 Å². The SMILES string of the molecule is COC(=O)c1sc(Sc2ncc[nH]2)nc1Cl. The molecule has 2 rings (SSSR count). The second kappa shape index (κ2) is 4.86. The normalized spacial score (nSPS) is 10.4. The first-order chi connectivity index (χ1) is 7.70. The Hall–Kier alpha value is -1.05. The molecule has 0 unspecified atom stereocenters. The van der Waals surface area contributed by atoms with Gasteiger partial charge in [-0.15, -0.1) is 0 Å². The molecule has 5 nitrogen and oxygen atoms in total. The molecule has 0 radical (unpaired) electrons. The molecule has 0 fully saturated rings. The summed E-state index contributed by atoms with van der Waals surface area (Å²) in [5.41, 5.74) is 0. The summed E-state index contributed by atoms with van der Waals surface area (Å²) >= 11 is 8.29. The van der Waals surface area contributed by atoms with E-state index in [0.29, 0.717) is 14.4 Å². The van der Waals surface area contributed by atoms with Crippen LogP contribution in [0.1, 0.15) is 9.67 Å². The maximum Gasteiger partial charge on any atom is 0.351 e. The Kier molecular flexibility index (Phi) is 3.47. The van der Waals surface area contributed by atoms with E-state index in [-0.39, 0.29) is 5.15 Å². The molecule has 16 heavy (non-hydrogen) atoms. The fraction of sp³-hybridized carbons (Fsp3) is 0.125. The Morgan fingerprint density at radius 2 is 2.50 bits per heavy atom. The van der Waals surface area contributed by atoms with Crippen LogP contribution in [-0.4, -0.2) is 28.0 Å². The first kappa shape index (κ1) is 11.4. The van der Waals surface area contributed by atoms with Crippen LogP contribution < -0.4 is 0 Å². The van der Waals surface area contributed by atoms with Gasteiger partial charge in [-0.05, 0) is 11.8 Å². The summed E-state index contributed by atoms with van der Waals surface area (Å²) in [6.45, 7) is 0. The van der Waals surface area contributed by atoms with Crippen LogP contribution in [0, 0.1) is 0 Å². The first-order valence-electron chi connectivity index (χ1n) is 4.12. The van der Waals surface area contributed by atoms with Gasteiger partial charge in [-0.1, -0.05) is 22.9 Å². The molecule has 2 heterocycles. The number of carbonyl (C=O) groups excluding carboxylic acids is 1. The van der Waals surface area contributed by atoms with Gasteiger partial charge in [-0.3, -0.25) is 0 Å². The zero-order valence-corrected chi connectivity index (χ0v) is 10.4. The molecule has 0 aliphatic heterocycles. The highest BCUT2D eigenvalue weighted by Gasteiger charge is 2.18. The summed E-state index contributed by atoms with van der Waals surface area (Å²) in [6, 6.07) is 0. The average Bonchev–Trinajstić information content (AvgIpc) is 2.88. The number of aromatic amines is 1. The molecule has 8 heteroatoms. The van der Waals surface area contributed by atoms with Crippen molar-refractivity contribution in [3.05, 3.63) is 22.4 Å². The Morgan fingerprint density at radius 1 is 1.69 bits per heavy atom. The third kappa shape index (κ3) is 2.37. The molecular formula is C8H6ClN3O2S2. The number of thiazole rings is 1. The maximum atomic E-state index is 11.3. The predicted molar refractivity (Wildman–Crippen MR) is 61.2 cm³/mol. The van der Waals surface area contributed by atoms with Crippen molar-refractivity contribution in [1.82, 2.24) is 15.0 Å². The van der Waals surface area contributed by atoms with Gasteiger partial charge in [0.15, 0.2) is 19.5 Å². The summed E-state index contributed by atoms with van der Waals surface area (Å²) in [6.07, 6.45) is 3.34. The summed E-state index contributed by atoms with van der Waals surface area (Å²) in [7, 11) is 1.30. The Balaban J connectivity index is 2.21. The van der Waals surface area contributed by atoms with Gasteiger partial charge in [0, 0.05) is 12.4 Å². The fourth-order valence-corrected chi connectivity index (χ4v) is 3.12. The number of aromatic nitrogens is 3. The second-order valence-electron chi connectivity index (χ2n) is 2.59. The van der Waals surface area contributed by atoms with Crippen LogP contribution in [0.25, 0.3) is 0 Å². The van der Waals surface area contributed by atoms with E-state index in [1.165, 1.54) is 30.2 Å². The minimum atomic E-state index is -0.478. The minimum Gasteiger partial charge on any atom is -0.465 e. The number of carbonyl (C=O) groups is 1. The van der Waals surface area contributed by atoms with Crippen LogP contribution in [0.5, 0.6) is 0 Å². The highest BCUT2D eigenvalue weighted by Crippen LogP contribution is 2.33. The molecule has 0 aliphatic rings. The number of rotatable bonds is 3. The molecule has 84 valence electrons. The van der Waals surface area contributed by atoms with E-state index in [1.807, 2.05) is 0 Å².